The Morgan fingerprint density at radius 2 is 2.12 bits per heavy atom. The fraction of sp³-hybridized carbons (Fsp3) is 0.611. The van der Waals surface area contributed by atoms with E-state index in [-0.39, 0.29) is 5.60 Å². The van der Waals surface area contributed by atoms with Gasteiger partial charge in [-0.1, -0.05) is 23.3 Å². The molecule has 0 aliphatic carbocycles. The number of fused-ring (bicyclic) bond motifs is 1. The first-order valence-corrected chi connectivity index (χ1v) is 9.08. The predicted octanol–water partition coefficient (Wildman–Crippen LogP) is 1.21. The lowest BCUT2D eigenvalue weighted by molar-refractivity contribution is 0.0136. The normalized spacial score (nSPS) is 33.4. The topological polar surface area (TPSA) is 59.3 Å². The van der Waals surface area contributed by atoms with E-state index in [1.807, 2.05) is 35.0 Å². The van der Waals surface area contributed by atoms with E-state index in [0.29, 0.717) is 17.9 Å². The van der Waals surface area contributed by atoms with E-state index in [2.05, 4.69) is 39.4 Å². The highest BCUT2D eigenvalue weighted by Gasteiger charge is 2.63. The van der Waals surface area contributed by atoms with Crippen molar-refractivity contribution < 1.29 is 4.74 Å². The number of ether oxygens (including phenoxy) is 1. The van der Waals surface area contributed by atoms with Crippen LogP contribution in [0.2, 0.25) is 0 Å². The van der Waals surface area contributed by atoms with Crippen LogP contribution in [0.3, 0.4) is 0 Å². The Bertz CT molecular complexity index is 762. The van der Waals surface area contributed by atoms with Crippen molar-refractivity contribution >= 4 is 5.95 Å². The van der Waals surface area contributed by atoms with Crippen LogP contribution in [-0.4, -0.2) is 70.5 Å². The lowest BCUT2D eigenvalue weighted by Crippen LogP contribution is -2.40. The van der Waals surface area contributed by atoms with Gasteiger partial charge in [0.05, 0.1) is 23.9 Å². The van der Waals surface area contributed by atoms with E-state index in [0.717, 1.165) is 37.7 Å². The van der Waals surface area contributed by atoms with E-state index in [1.54, 1.807) is 0 Å². The summed E-state index contributed by atoms with van der Waals surface area (Å²) in [4.78, 5) is 4.61. The van der Waals surface area contributed by atoms with Gasteiger partial charge in [0.2, 0.25) is 5.95 Å². The fourth-order valence-corrected chi connectivity index (χ4v) is 5.12. The average Bonchev–Trinajstić information content (AvgIpc) is 3.35. The molecular formula is C18H24N6O. The zero-order valence-electron chi connectivity index (χ0n) is 14.7. The van der Waals surface area contributed by atoms with Crippen LogP contribution in [-0.2, 0) is 4.74 Å². The fourth-order valence-electron chi connectivity index (χ4n) is 5.12. The van der Waals surface area contributed by atoms with Gasteiger partial charge >= 0.3 is 0 Å². The van der Waals surface area contributed by atoms with Crippen molar-refractivity contribution in [1.82, 2.24) is 25.1 Å². The lowest BCUT2D eigenvalue weighted by atomic mass is 9.73. The Balaban J connectivity index is 1.44. The van der Waals surface area contributed by atoms with Crippen molar-refractivity contribution in [3.63, 3.8) is 0 Å². The molecule has 3 aliphatic heterocycles. The van der Waals surface area contributed by atoms with Crippen LogP contribution in [0.4, 0.5) is 5.95 Å². The molecule has 3 saturated heterocycles. The molecule has 7 nitrogen and oxygen atoms in total. The van der Waals surface area contributed by atoms with Crippen molar-refractivity contribution in [2.24, 2.45) is 11.8 Å². The largest absolute Gasteiger partial charge is 0.369 e. The molecular weight excluding hydrogens is 316 g/mol. The molecule has 132 valence electrons. The summed E-state index contributed by atoms with van der Waals surface area (Å²) in [6, 6.07) is 10.1. The van der Waals surface area contributed by atoms with E-state index < -0.39 is 0 Å². The summed E-state index contributed by atoms with van der Waals surface area (Å²) >= 11 is 0. The minimum Gasteiger partial charge on any atom is -0.369 e. The molecule has 4 atom stereocenters. The van der Waals surface area contributed by atoms with Gasteiger partial charge in [-0.2, -0.15) is 4.68 Å². The zero-order chi connectivity index (χ0) is 17.0. The maximum absolute atomic E-state index is 6.53. The predicted molar refractivity (Wildman–Crippen MR) is 93.7 cm³/mol. The van der Waals surface area contributed by atoms with Gasteiger partial charge in [0.25, 0.3) is 0 Å². The van der Waals surface area contributed by atoms with Gasteiger partial charge in [-0.25, -0.2) is 0 Å². The number of hydrogen-bond acceptors (Lipinski definition) is 6. The minimum absolute atomic E-state index is 0.00118. The Kier molecular flexibility index (Phi) is 3.36. The van der Waals surface area contributed by atoms with Crippen LogP contribution in [0.5, 0.6) is 0 Å². The number of rotatable bonds is 4. The number of hydrogen-bond donors (Lipinski definition) is 0. The molecule has 4 heterocycles. The maximum atomic E-state index is 6.53. The second-order valence-corrected chi connectivity index (χ2v) is 7.90. The Labute approximate surface area is 147 Å². The molecule has 25 heavy (non-hydrogen) atoms. The summed E-state index contributed by atoms with van der Waals surface area (Å²) in [7, 11) is 4.31. The molecule has 2 aromatic rings. The molecule has 0 radical (unpaired) electrons. The van der Waals surface area contributed by atoms with Crippen LogP contribution in [0.1, 0.15) is 12.8 Å². The highest BCUT2D eigenvalue weighted by atomic mass is 16.5. The molecule has 0 N–H and O–H groups in total. The van der Waals surface area contributed by atoms with Gasteiger partial charge < -0.3 is 14.5 Å². The van der Waals surface area contributed by atoms with E-state index in [9.17, 15) is 0 Å². The molecule has 1 aromatic heterocycles. The van der Waals surface area contributed by atoms with Gasteiger partial charge in [0.1, 0.15) is 0 Å². The first-order chi connectivity index (χ1) is 12.2. The van der Waals surface area contributed by atoms with Crippen LogP contribution in [0, 0.1) is 11.8 Å². The summed E-state index contributed by atoms with van der Waals surface area (Å²) in [6.07, 6.45) is 2.78. The SMILES string of the molecule is CN(C)CC1C2CC[C@]3(CN(c4nnnn4-c4ccccc4)C[C@H]13)O2. The van der Waals surface area contributed by atoms with E-state index in [4.69, 9.17) is 4.74 Å². The number of nitrogens with zero attached hydrogens (tertiary/aromatic N) is 6. The Morgan fingerprint density at radius 3 is 2.92 bits per heavy atom. The highest BCUT2D eigenvalue weighted by Crippen LogP contribution is 2.55. The van der Waals surface area contributed by atoms with Crippen LogP contribution < -0.4 is 4.90 Å². The summed E-state index contributed by atoms with van der Waals surface area (Å²) in [5.41, 5.74) is 0.992. The quantitative estimate of drug-likeness (QED) is 0.834. The second kappa shape index (κ2) is 5.51. The van der Waals surface area contributed by atoms with E-state index >= 15 is 0 Å². The molecule has 2 unspecified atom stereocenters. The standard InChI is InChI=1S/C18H24N6O/c1-22(2)10-14-15-11-23(12-18(15)9-8-16(14)25-18)17-19-20-21-24(17)13-6-4-3-5-7-13/h3-7,14-16H,8-12H2,1-2H3/t14?,15-,16?,18-/m1/s1. The molecule has 0 saturated carbocycles. The molecule has 3 fully saturated rings. The summed E-state index contributed by atoms with van der Waals surface area (Å²) < 4.78 is 8.36. The van der Waals surface area contributed by atoms with Crippen LogP contribution in [0.15, 0.2) is 30.3 Å². The van der Waals surface area contributed by atoms with Gasteiger partial charge in [0.15, 0.2) is 0 Å². The first-order valence-electron chi connectivity index (χ1n) is 9.08. The molecule has 1 aromatic carbocycles. The molecule has 0 amide bonds. The number of tetrazole rings is 1. The van der Waals surface area contributed by atoms with Crippen molar-refractivity contribution in [1.29, 1.82) is 0 Å². The summed E-state index contributed by atoms with van der Waals surface area (Å²) in [5, 5.41) is 12.5. The number of para-hydroxylation sites is 1. The van der Waals surface area contributed by atoms with Crippen LogP contribution in [0.25, 0.3) is 5.69 Å². The average molecular weight is 340 g/mol. The molecule has 2 bridgehead atoms. The number of benzene rings is 1. The third-order valence-electron chi connectivity index (χ3n) is 6.10. The highest BCUT2D eigenvalue weighted by molar-refractivity contribution is 5.43. The maximum Gasteiger partial charge on any atom is 0.250 e. The molecule has 1 spiro atoms. The first kappa shape index (κ1) is 15.3. The Morgan fingerprint density at radius 1 is 1.28 bits per heavy atom. The third kappa shape index (κ3) is 2.29. The van der Waals surface area contributed by atoms with Gasteiger partial charge in [-0.05, 0) is 49.5 Å². The zero-order valence-corrected chi connectivity index (χ0v) is 14.7. The molecule has 5 rings (SSSR count). The van der Waals surface area contributed by atoms with Gasteiger partial charge in [-0.15, -0.1) is 0 Å². The summed E-state index contributed by atoms with van der Waals surface area (Å²) in [5.74, 6) is 2.00. The summed E-state index contributed by atoms with van der Waals surface area (Å²) in [6.45, 7) is 2.96. The second-order valence-electron chi connectivity index (χ2n) is 7.90. The molecule has 7 heteroatoms. The van der Waals surface area contributed by atoms with Gasteiger partial charge in [-0.3, -0.25) is 0 Å². The van der Waals surface area contributed by atoms with Crippen molar-refractivity contribution in [3.05, 3.63) is 30.3 Å². The van der Waals surface area contributed by atoms with E-state index in [1.165, 1.54) is 6.42 Å². The molecule has 3 aliphatic rings. The Hall–Kier alpha value is -1.99. The lowest BCUT2D eigenvalue weighted by Gasteiger charge is -2.30. The number of anilines is 1. The van der Waals surface area contributed by atoms with Crippen molar-refractivity contribution in [3.8, 4) is 5.69 Å². The minimum atomic E-state index is -0.00118. The van der Waals surface area contributed by atoms with Gasteiger partial charge in [0, 0.05) is 24.9 Å². The van der Waals surface area contributed by atoms with Crippen molar-refractivity contribution in [2.45, 2.75) is 24.5 Å². The number of aromatic nitrogens is 4. The monoisotopic (exact) mass is 340 g/mol. The smallest absolute Gasteiger partial charge is 0.250 e. The van der Waals surface area contributed by atoms with Crippen molar-refractivity contribution in [2.75, 3.05) is 38.6 Å². The third-order valence-corrected chi connectivity index (χ3v) is 6.10. The van der Waals surface area contributed by atoms with Crippen LogP contribution >= 0.6 is 0 Å².